The van der Waals surface area contributed by atoms with E-state index < -0.39 is 7.05 Å². The highest BCUT2D eigenvalue weighted by Crippen LogP contribution is 2.55. The number of hydrogen-bond donors (Lipinski definition) is 1. The molecule has 0 saturated carbocycles. The Bertz CT molecular complexity index is 564. The molecule has 0 aromatic heterocycles. The molecule has 23 heavy (non-hydrogen) atoms. The molecule has 1 aliphatic rings. The average Bonchev–Trinajstić information content (AvgIpc) is 2.92. The van der Waals surface area contributed by atoms with Crippen molar-refractivity contribution in [1.82, 2.24) is 0 Å². The number of fused-ring (bicyclic) bond motifs is 1. The van der Waals surface area contributed by atoms with Crippen LogP contribution in [-0.2, 0) is 4.74 Å². The van der Waals surface area contributed by atoms with Crippen LogP contribution in [0.3, 0.4) is 0 Å². The lowest BCUT2D eigenvalue weighted by Crippen LogP contribution is -2.36. The standard InChI is InChI=1S/C16H26BNO5/c1-7-11-8-18(17(3)19)13-12(11)16(23-9-20-4)15(22-6)10(2)14(13)21-5/h11,19H,7-9H2,1-6H3. The van der Waals surface area contributed by atoms with Gasteiger partial charge in [0.15, 0.2) is 18.3 Å². The molecule has 0 bridgehead atoms. The first-order valence-corrected chi connectivity index (χ1v) is 7.86. The van der Waals surface area contributed by atoms with Crippen LogP contribution in [0.2, 0.25) is 6.82 Å². The predicted octanol–water partition coefficient (Wildman–Crippen LogP) is 2.42. The minimum atomic E-state index is -0.609. The van der Waals surface area contributed by atoms with Crippen molar-refractivity contribution in [3.63, 3.8) is 0 Å². The minimum absolute atomic E-state index is 0.139. The molecule has 1 unspecified atom stereocenters. The summed E-state index contributed by atoms with van der Waals surface area (Å²) >= 11 is 0. The van der Waals surface area contributed by atoms with E-state index in [-0.39, 0.29) is 12.7 Å². The summed E-state index contributed by atoms with van der Waals surface area (Å²) in [5, 5.41) is 10.2. The van der Waals surface area contributed by atoms with Crippen molar-refractivity contribution in [3.8, 4) is 17.2 Å². The molecule has 128 valence electrons. The Morgan fingerprint density at radius 2 is 1.83 bits per heavy atom. The van der Waals surface area contributed by atoms with Gasteiger partial charge in [-0.15, -0.1) is 0 Å². The summed E-state index contributed by atoms with van der Waals surface area (Å²) in [6.07, 6.45) is 0.926. The lowest BCUT2D eigenvalue weighted by molar-refractivity contribution is 0.0482. The van der Waals surface area contributed by atoms with Crippen molar-refractivity contribution in [2.45, 2.75) is 33.0 Å². The molecular formula is C16H26BNO5. The third kappa shape index (κ3) is 2.95. The molecular weight excluding hydrogens is 297 g/mol. The van der Waals surface area contributed by atoms with Gasteiger partial charge < -0.3 is 28.8 Å². The van der Waals surface area contributed by atoms with E-state index in [1.807, 2.05) is 11.7 Å². The molecule has 1 N–H and O–H groups in total. The second kappa shape index (κ2) is 7.32. The average molecular weight is 323 g/mol. The van der Waals surface area contributed by atoms with Crippen molar-refractivity contribution in [2.24, 2.45) is 0 Å². The van der Waals surface area contributed by atoms with E-state index in [0.717, 1.165) is 35.5 Å². The zero-order valence-electron chi connectivity index (χ0n) is 14.8. The number of methoxy groups -OCH3 is 3. The van der Waals surface area contributed by atoms with Gasteiger partial charge >= 0.3 is 7.05 Å². The number of nitrogens with zero attached hydrogens (tertiary/aromatic N) is 1. The van der Waals surface area contributed by atoms with Gasteiger partial charge in [0.25, 0.3) is 0 Å². The Labute approximate surface area is 138 Å². The van der Waals surface area contributed by atoms with Crippen LogP contribution in [0.25, 0.3) is 0 Å². The number of benzene rings is 1. The van der Waals surface area contributed by atoms with Crippen LogP contribution < -0.4 is 19.0 Å². The Morgan fingerprint density at radius 1 is 1.17 bits per heavy atom. The molecule has 0 spiro atoms. The van der Waals surface area contributed by atoms with Crippen LogP contribution in [0.1, 0.15) is 30.4 Å². The third-order valence-electron chi connectivity index (χ3n) is 4.39. The summed E-state index contributed by atoms with van der Waals surface area (Å²) in [5.74, 6) is 2.29. The van der Waals surface area contributed by atoms with Crippen molar-refractivity contribution in [3.05, 3.63) is 11.1 Å². The molecule has 1 aromatic rings. The summed E-state index contributed by atoms with van der Waals surface area (Å²) in [6.45, 7) is 6.67. The van der Waals surface area contributed by atoms with E-state index in [2.05, 4.69) is 6.92 Å². The Balaban J connectivity index is 2.75. The zero-order chi connectivity index (χ0) is 17.1. The monoisotopic (exact) mass is 323 g/mol. The molecule has 0 fully saturated rings. The van der Waals surface area contributed by atoms with Gasteiger partial charge in [-0.1, -0.05) is 6.92 Å². The second-order valence-corrected chi connectivity index (χ2v) is 5.72. The highest BCUT2D eigenvalue weighted by molar-refractivity contribution is 6.54. The number of hydrogen-bond acceptors (Lipinski definition) is 6. The molecule has 2 rings (SSSR count). The fourth-order valence-electron chi connectivity index (χ4n) is 3.32. The van der Waals surface area contributed by atoms with Crippen molar-refractivity contribution in [2.75, 3.05) is 39.5 Å². The highest BCUT2D eigenvalue weighted by atomic mass is 16.7. The molecule has 1 aromatic carbocycles. The topological polar surface area (TPSA) is 60.4 Å². The van der Waals surface area contributed by atoms with Crippen LogP contribution in [0.15, 0.2) is 0 Å². The van der Waals surface area contributed by atoms with Crippen LogP contribution >= 0.6 is 0 Å². The maximum atomic E-state index is 10.2. The molecule has 0 saturated heterocycles. The van der Waals surface area contributed by atoms with Gasteiger partial charge in [-0.05, 0) is 20.2 Å². The first-order valence-electron chi connectivity index (χ1n) is 7.86. The molecule has 6 nitrogen and oxygen atoms in total. The van der Waals surface area contributed by atoms with E-state index >= 15 is 0 Å². The molecule has 0 amide bonds. The lowest BCUT2D eigenvalue weighted by atomic mass is 9.84. The van der Waals surface area contributed by atoms with Crippen LogP contribution in [0.5, 0.6) is 17.2 Å². The van der Waals surface area contributed by atoms with Gasteiger partial charge in [0, 0.05) is 30.7 Å². The lowest BCUT2D eigenvalue weighted by Gasteiger charge is -2.25. The number of ether oxygens (including phenoxy) is 4. The van der Waals surface area contributed by atoms with Crippen LogP contribution in [0, 0.1) is 6.92 Å². The maximum Gasteiger partial charge on any atom is 0.409 e. The predicted molar refractivity (Wildman–Crippen MR) is 91.0 cm³/mol. The van der Waals surface area contributed by atoms with Gasteiger partial charge in [-0.25, -0.2) is 0 Å². The molecule has 1 heterocycles. The largest absolute Gasteiger partial charge is 0.494 e. The summed E-state index contributed by atoms with van der Waals surface area (Å²) in [7, 11) is 4.23. The third-order valence-corrected chi connectivity index (χ3v) is 4.39. The summed E-state index contributed by atoms with van der Waals surface area (Å²) < 4.78 is 22.2. The van der Waals surface area contributed by atoms with Gasteiger partial charge in [0.1, 0.15) is 5.75 Å². The molecule has 1 atom stereocenters. The Hall–Kier alpha value is -1.60. The Morgan fingerprint density at radius 3 is 2.30 bits per heavy atom. The van der Waals surface area contributed by atoms with E-state index in [1.54, 1.807) is 28.2 Å². The quantitative estimate of drug-likeness (QED) is 0.614. The van der Waals surface area contributed by atoms with Gasteiger partial charge in [0.05, 0.1) is 19.9 Å². The van der Waals surface area contributed by atoms with Crippen molar-refractivity contribution < 1.29 is 24.0 Å². The fourth-order valence-corrected chi connectivity index (χ4v) is 3.32. The minimum Gasteiger partial charge on any atom is -0.494 e. The summed E-state index contributed by atoms with van der Waals surface area (Å²) in [4.78, 5) is 1.95. The maximum absolute atomic E-state index is 10.2. The van der Waals surface area contributed by atoms with E-state index in [0.29, 0.717) is 11.5 Å². The van der Waals surface area contributed by atoms with Crippen molar-refractivity contribution in [1.29, 1.82) is 0 Å². The number of rotatable bonds is 7. The first kappa shape index (κ1) is 17.8. The van der Waals surface area contributed by atoms with Gasteiger partial charge in [-0.2, -0.15) is 0 Å². The van der Waals surface area contributed by atoms with Crippen molar-refractivity contribution >= 4 is 12.7 Å². The Kier molecular flexibility index (Phi) is 5.65. The van der Waals surface area contributed by atoms with Gasteiger partial charge in [-0.3, -0.25) is 0 Å². The van der Waals surface area contributed by atoms with Crippen LogP contribution in [-0.4, -0.2) is 46.7 Å². The first-order chi connectivity index (χ1) is 11.0. The number of anilines is 1. The van der Waals surface area contributed by atoms with Crippen LogP contribution in [0.4, 0.5) is 5.69 Å². The molecule has 0 aliphatic carbocycles. The normalized spacial score (nSPS) is 16.3. The van der Waals surface area contributed by atoms with E-state index in [9.17, 15) is 5.02 Å². The van der Waals surface area contributed by atoms with E-state index in [1.165, 1.54) is 0 Å². The smallest absolute Gasteiger partial charge is 0.409 e. The highest BCUT2D eigenvalue weighted by Gasteiger charge is 2.39. The SMILES string of the molecule is CCC1CN(B(C)O)c2c(OC)c(C)c(OC)c(OCOC)c21. The van der Waals surface area contributed by atoms with Gasteiger partial charge in [0.2, 0.25) is 0 Å². The molecule has 7 heteroatoms. The second-order valence-electron chi connectivity index (χ2n) is 5.72. The summed E-state index contributed by atoms with van der Waals surface area (Å²) in [5.41, 5.74) is 2.76. The fraction of sp³-hybridized carbons (Fsp3) is 0.625. The summed E-state index contributed by atoms with van der Waals surface area (Å²) in [6, 6.07) is 0. The molecule has 1 aliphatic heterocycles. The zero-order valence-corrected chi connectivity index (χ0v) is 14.8. The molecule has 0 radical (unpaired) electrons. The van der Waals surface area contributed by atoms with E-state index in [4.69, 9.17) is 18.9 Å².